The zero-order valence-electron chi connectivity index (χ0n) is 19.8. The quantitative estimate of drug-likeness (QED) is 0.425. The zero-order valence-corrected chi connectivity index (χ0v) is 22.2. The molecule has 10 nitrogen and oxygen atoms in total. The zero-order chi connectivity index (χ0) is 25.9. The Hall–Kier alpha value is -2.42. The summed E-state index contributed by atoms with van der Waals surface area (Å²) in [5.41, 5.74) is 0.938. The van der Waals surface area contributed by atoms with Crippen LogP contribution in [-0.4, -0.2) is 57.9 Å². The molecule has 1 aliphatic rings. The summed E-state index contributed by atoms with van der Waals surface area (Å²) in [7, 11) is -7.49. The van der Waals surface area contributed by atoms with Gasteiger partial charge in [-0.2, -0.15) is 9.30 Å². The third-order valence-electron chi connectivity index (χ3n) is 5.90. The topological polar surface area (TPSA) is 141 Å². The number of thiazole rings is 1. The van der Waals surface area contributed by atoms with Gasteiger partial charge in [-0.05, 0) is 62.2 Å². The molecule has 0 unspecified atom stereocenters. The first-order valence-electron chi connectivity index (χ1n) is 11.5. The SMILES string of the molecule is CCOCCn1c(=NC(=O)c2ccc(S(=O)(=O)N3CCCCC3)cc2)sc2cc(S(N)(=O)=O)ccc21. The van der Waals surface area contributed by atoms with Crippen LogP contribution in [0.4, 0.5) is 0 Å². The number of rotatable bonds is 8. The first kappa shape index (κ1) is 26.6. The summed E-state index contributed by atoms with van der Waals surface area (Å²) in [5, 5.41) is 5.26. The number of primary sulfonamides is 1. The van der Waals surface area contributed by atoms with E-state index in [1.165, 1.54) is 40.7 Å². The molecule has 13 heteroatoms. The molecule has 1 fully saturated rings. The molecule has 4 rings (SSSR count). The number of hydrogen-bond donors (Lipinski definition) is 1. The molecule has 194 valence electrons. The highest BCUT2D eigenvalue weighted by Gasteiger charge is 2.26. The maximum atomic E-state index is 13.0. The molecule has 2 N–H and O–H groups in total. The van der Waals surface area contributed by atoms with Gasteiger partial charge in [0.25, 0.3) is 5.91 Å². The lowest BCUT2D eigenvalue weighted by molar-refractivity contribution is 0.0996. The van der Waals surface area contributed by atoms with Crippen LogP contribution in [0, 0.1) is 0 Å². The second-order valence-electron chi connectivity index (χ2n) is 8.31. The molecular formula is C23H28N4O6S3. The Morgan fingerprint density at radius 1 is 1.03 bits per heavy atom. The molecular weight excluding hydrogens is 524 g/mol. The molecule has 2 heterocycles. The van der Waals surface area contributed by atoms with E-state index in [9.17, 15) is 21.6 Å². The number of piperidine rings is 1. The highest BCUT2D eigenvalue weighted by molar-refractivity contribution is 7.89. The molecule has 36 heavy (non-hydrogen) atoms. The van der Waals surface area contributed by atoms with E-state index in [2.05, 4.69) is 4.99 Å². The molecule has 1 aliphatic heterocycles. The summed E-state index contributed by atoms with van der Waals surface area (Å²) >= 11 is 1.16. The molecule has 1 saturated heterocycles. The first-order valence-corrected chi connectivity index (χ1v) is 15.3. The monoisotopic (exact) mass is 552 g/mol. The van der Waals surface area contributed by atoms with Crippen LogP contribution in [0.1, 0.15) is 36.5 Å². The average Bonchev–Trinajstić information content (AvgIpc) is 3.20. The summed E-state index contributed by atoms with van der Waals surface area (Å²) in [6.07, 6.45) is 2.70. The van der Waals surface area contributed by atoms with E-state index in [-0.39, 0.29) is 15.4 Å². The fourth-order valence-electron chi connectivity index (χ4n) is 4.01. The number of carbonyl (C=O) groups excluding carboxylic acids is 1. The fraction of sp³-hybridized carbons (Fsp3) is 0.391. The van der Waals surface area contributed by atoms with Crippen molar-refractivity contribution >= 4 is 47.5 Å². The number of aromatic nitrogens is 1. The lowest BCUT2D eigenvalue weighted by Gasteiger charge is -2.25. The van der Waals surface area contributed by atoms with Gasteiger partial charge in [0.1, 0.15) is 0 Å². The van der Waals surface area contributed by atoms with E-state index in [0.29, 0.717) is 47.9 Å². The number of benzene rings is 2. The second kappa shape index (κ2) is 10.9. The fourth-order valence-corrected chi connectivity index (χ4v) is 7.23. The van der Waals surface area contributed by atoms with Crippen LogP contribution < -0.4 is 9.94 Å². The van der Waals surface area contributed by atoms with Gasteiger partial charge in [0.2, 0.25) is 20.0 Å². The Bertz CT molecular complexity index is 1530. The van der Waals surface area contributed by atoms with Crippen LogP contribution in [0.2, 0.25) is 0 Å². The second-order valence-corrected chi connectivity index (χ2v) is 12.8. The Labute approximate surface area is 214 Å². The number of nitrogens with two attached hydrogens (primary N) is 1. The van der Waals surface area contributed by atoms with Gasteiger partial charge < -0.3 is 9.30 Å². The highest BCUT2D eigenvalue weighted by atomic mass is 32.2. The number of hydrogen-bond acceptors (Lipinski definition) is 7. The van der Waals surface area contributed by atoms with Crippen LogP contribution in [0.15, 0.2) is 57.2 Å². The average molecular weight is 553 g/mol. The third-order valence-corrected chi connectivity index (χ3v) is 9.76. The van der Waals surface area contributed by atoms with Crippen LogP contribution in [0.5, 0.6) is 0 Å². The van der Waals surface area contributed by atoms with Gasteiger partial charge in [-0.25, -0.2) is 22.0 Å². The smallest absolute Gasteiger partial charge is 0.279 e. The van der Waals surface area contributed by atoms with Gasteiger partial charge in [-0.15, -0.1) is 0 Å². The summed E-state index contributed by atoms with van der Waals surface area (Å²) in [6.45, 7) is 4.18. The normalized spacial score (nSPS) is 16.0. The lowest BCUT2D eigenvalue weighted by Crippen LogP contribution is -2.35. The molecule has 0 radical (unpaired) electrons. The Balaban J connectivity index is 1.67. The van der Waals surface area contributed by atoms with E-state index >= 15 is 0 Å². The van der Waals surface area contributed by atoms with E-state index in [0.717, 1.165) is 30.6 Å². The molecule has 0 aliphatic carbocycles. The molecule has 0 spiro atoms. The number of ether oxygens (including phenoxy) is 1. The van der Waals surface area contributed by atoms with Crippen LogP contribution >= 0.6 is 11.3 Å². The van der Waals surface area contributed by atoms with Crippen LogP contribution in [0.25, 0.3) is 10.2 Å². The molecule has 0 atom stereocenters. The van der Waals surface area contributed by atoms with Crippen molar-refractivity contribution < 1.29 is 26.4 Å². The van der Waals surface area contributed by atoms with Gasteiger partial charge in [0.15, 0.2) is 4.80 Å². The van der Waals surface area contributed by atoms with Crippen LogP contribution in [-0.2, 0) is 31.3 Å². The molecule has 0 bridgehead atoms. The number of fused-ring (bicyclic) bond motifs is 1. The maximum absolute atomic E-state index is 13.0. The predicted molar refractivity (Wildman–Crippen MR) is 137 cm³/mol. The van der Waals surface area contributed by atoms with E-state index in [4.69, 9.17) is 9.88 Å². The van der Waals surface area contributed by atoms with Gasteiger partial charge in [0.05, 0.1) is 26.6 Å². The van der Waals surface area contributed by atoms with Crippen molar-refractivity contribution in [2.75, 3.05) is 26.3 Å². The summed E-state index contributed by atoms with van der Waals surface area (Å²) in [5.74, 6) is -0.541. The van der Waals surface area contributed by atoms with Gasteiger partial charge >= 0.3 is 0 Å². The van der Waals surface area contributed by atoms with Gasteiger partial charge in [-0.1, -0.05) is 17.8 Å². The predicted octanol–water partition coefficient (Wildman–Crippen LogP) is 2.30. The van der Waals surface area contributed by atoms with E-state index in [1.807, 2.05) is 6.92 Å². The van der Waals surface area contributed by atoms with Crippen molar-refractivity contribution in [3.05, 3.63) is 52.8 Å². The first-order chi connectivity index (χ1) is 17.1. The largest absolute Gasteiger partial charge is 0.380 e. The van der Waals surface area contributed by atoms with Crippen LogP contribution in [0.3, 0.4) is 0 Å². The Morgan fingerprint density at radius 2 is 1.69 bits per heavy atom. The molecule has 1 amide bonds. The standard InChI is InChI=1S/C23H28N4O6S3/c1-2-33-15-14-27-20-11-10-19(35(24,29)30)16-21(20)34-23(27)25-22(28)17-6-8-18(9-7-17)36(31,32)26-12-4-3-5-13-26/h6-11,16H,2-5,12-15H2,1H3,(H2,24,29,30). The molecule has 0 saturated carbocycles. The molecule has 2 aromatic carbocycles. The number of amides is 1. The van der Waals surface area contributed by atoms with Crippen molar-refractivity contribution in [2.24, 2.45) is 10.1 Å². The minimum absolute atomic E-state index is 0.0309. The number of sulfonamides is 2. The van der Waals surface area contributed by atoms with Gasteiger partial charge in [-0.3, -0.25) is 4.79 Å². The number of nitrogens with zero attached hydrogens (tertiary/aromatic N) is 3. The molecule has 1 aromatic heterocycles. The van der Waals surface area contributed by atoms with Crippen molar-refractivity contribution in [3.8, 4) is 0 Å². The minimum Gasteiger partial charge on any atom is -0.380 e. The van der Waals surface area contributed by atoms with Crippen molar-refractivity contribution in [1.29, 1.82) is 0 Å². The van der Waals surface area contributed by atoms with E-state index in [1.54, 1.807) is 10.6 Å². The minimum atomic E-state index is -3.89. The van der Waals surface area contributed by atoms with Crippen molar-refractivity contribution in [3.63, 3.8) is 0 Å². The maximum Gasteiger partial charge on any atom is 0.279 e. The highest BCUT2D eigenvalue weighted by Crippen LogP contribution is 2.23. The number of carbonyl (C=O) groups is 1. The van der Waals surface area contributed by atoms with Gasteiger partial charge in [0, 0.05) is 31.8 Å². The molecule has 3 aromatic rings. The lowest BCUT2D eigenvalue weighted by atomic mass is 10.2. The Morgan fingerprint density at radius 3 is 2.33 bits per heavy atom. The van der Waals surface area contributed by atoms with E-state index < -0.39 is 26.0 Å². The third kappa shape index (κ3) is 5.76. The summed E-state index contributed by atoms with van der Waals surface area (Å²) in [6, 6.07) is 10.3. The van der Waals surface area contributed by atoms with Crippen molar-refractivity contribution in [1.82, 2.24) is 8.87 Å². The summed E-state index contributed by atoms with van der Waals surface area (Å²) in [4.78, 5) is 17.7. The van der Waals surface area contributed by atoms with Crippen molar-refractivity contribution in [2.45, 2.75) is 42.5 Å². The Kier molecular flexibility index (Phi) is 8.07. The summed E-state index contributed by atoms with van der Waals surface area (Å²) < 4.78 is 58.6.